The van der Waals surface area contributed by atoms with Crippen molar-refractivity contribution in [3.05, 3.63) is 191 Å². The molecule has 296 valence electrons. The van der Waals surface area contributed by atoms with E-state index < -0.39 is 0 Å². The van der Waals surface area contributed by atoms with Crippen LogP contribution in [0.5, 0.6) is 0 Å². The summed E-state index contributed by atoms with van der Waals surface area (Å²) in [5.41, 5.74) is 18.3. The molecule has 2 heteroatoms. The minimum absolute atomic E-state index is 0.0571. The SMILES string of the molecule is C=Cc1c(/C=C\C)c2c(-c3cc4c(c5ccccc35)-c3ccc(C)cc3C4(C)C)cccc2n1C.CC.Cc1ccc2c3ccccc3n(C)c2c1.Cc1ccccc1. The Morgan fingerprint density at radius 1 is 0.508 bits per heavy atom. The molecule has 0 amide bonds. The molecule has 7 aromatic carbocycles. The maximum absolute atomic E-state index is 4.12. The van der Waals surface area contributed by atoms with Crippen molar-refractivity contribution >= 4 is 55.6 Å². The highest BCUT2D eigenvalue weighted by Gasteiger charge is 2.37. The Labute approximate surface area is 351 Å². The Balaban J connectivity index is 0.000000179. The van der Waals surface area contributed by atoms with Gasteiger partial charge in [-0.2, -0.15) is 0 Å². The van der Waals surface area contributed by atoms with Gasteiger partial charge in [0, 0.05) is 63.5 Å². The fraction of sp³-hybridized carbons (Fsp3) is 0.193. The minimum atomic E-state index is -0.0571. The molecule has 9 aromatic rings. The topological polar surface area (TPSA) is 9.86 Å². The zero-order valence-corrected chi connectivity index (χ0v) is 36.6. The lowest BCUT2D eigenvalue weighted by Crippen LogP contribution is -2.15. The Hall–Kier alpha value is -6.38. The summed E-state index contributed by atoms with van der Waals surface area (Å²) in [6, 6.07) is 50.5. The number of allylic oxidation sites excluding steroid dienone is 1. The van der Waals surface area contributed by atoms with Crippen LogP contribution in [0.1, 0.15) is 73.7 Å². The minimum Gasteiger partial charge on any atom is -0.344 e. The molecule has 0 fully saturated rings. The van der Waals surface area contributed by atoms with Crippen LogP contribution in [0.4, 0.5) is 0 Å². The average molecular weight is 771 g/mol. The van der Waals surface area contributed by atoms with E-state index in [1.165, 1.54) is 99.1 Å². The summed E-state index contributed by atoms with van der Waals surface area (Å²) in [5, 5.41) is 6.62. The number of para-hydroxylation sites is 1. The number of rotatable bonds is 3. The third-order valence-corrected chi connectivity index (χ3v) is 12.0. The van der Waals surface area contributed by atoms with Crippen LogP contribution < -0.4 is 0 Å². The smallest absolute Gasteiger partial charge is 0.0495 e. The van der Waals surface area contributed by atoms with Crippen molar-refractivity contribution in [2.45, 2.75) is 60.8 Å². The van der Waals surface area contributed by atoms with Crippen molar-refractivity contribution in [1.29, 1.82) is 0 Å². The zero-order chi connectivity index (χ0) is 42.0. The van der Waals surface area contributed by atoms with E-state index in [-0.39, 0.29) is 5.41 Å². The molecule has 0 saturated carbocycles. The first kappa shape index (κ1) is 40.8. The van der Waals surface area contributed by atoms with Crippen LogP contribution in [-0.2, 0) is 19.5 Å². The van der Waals surface area contributed by atoms with Gasteiger partial charge in [0.05, 0.1) is 0 Å². The van der Waals surface area contributed by atoms with E-state index in [1.54, 1.807) is 0 Å². The molecule has 0 atom stereocenters. The van der Waals surface area contributed by atoms with Crippen LogP contribution in [0.25, 0.3) is 77.9 Å². The van der Waals surface area contributed by atoms with Crippen molar-refractivity contribution in [3.8, 4) is 22.3 Å². The number of nitrogens with zero attached hydrogens (tertiary/aromatic N) is 2. The Bertz CT molecular complexity index is 3000. The summed E-state index contributed by atoms with van der Waals surface area (Å²) in [5.74, 6) is 0. The largest absolute Gasteiger partial charge is 0.344 e. The Morgan fingerprint density at radius 3 is 1.80 bits per heavy atom. The first-order valence-corrected chi connectivity index (χ1v) is 21.0. The standard InChI is InChI=1S/C34H31N.C14H13N.C7H8.C2H6/c1-7-12-26-30(8-2)35(6)31-16-11-15-24(33(26)31)27-20-29-32(23-14-10-9-13-22(23)27)25-18-17-21(3)19-28(25)34(29,4)5;1-10-7-8-12-11-5-3-4-6-13(11)15(2)14(12)9-10;1-7-5-3-2-4-6-7;1-2/h7-20H,2H2,1,3-6H3;3-9H,1-2H3;2-6H,1H3;1-2H3/b12-7-;;;. The molecule has 2 nitrogen and oxygen atoms in total. The fourth-order valence-electron chi connectivity index (χ4n) is 9.07. The second-order valence-electron chi connectivity index (χ2n) is 16.1. The summed E-state index contributed by atoms with van der Waals surface area (Å²) < 4.78 is 4.52. The molecule has 59 heavy (non-hydrogen) atoms. The van der Waals surface area contributed by atoms with Crippen LogP contribution in [0, 0.1) is 20.8 Å². The Morgan fingerprint density at radius 2 is 1.12 bits per heavy atom. The van der Waals surface area contributed by atoms with Gasteiger partial charge in [-0.15, -0.1) is 0 Å². The van der Waals surface area contributed by atoms with Crippen molar-refractivity contribution < 1.29 is 0 Å². The number of benzene rings is 7. The van der Waals surface area contributed by atoms with Crippen LogP contribution in [0.15, 0.2) is 152 Å². The molecule has 1 aliphatic rings. The van der Waals surface area contributed by atoms with Gasteiger partial charge in [-0.25, -0.2) is 0 Å². The lowest BCUT2D eigenvalue weighted by Gasteiger charge is -2.23. The number of aromatic nitrogens is 2. The monoisotopic (exact) mass is 770 g/mol. The van der Waals surface area contributed by atoms with Crippen LogP contribution in [-0.4, -0.2) is 9.13 Å². The van der Waals surface area contributed by atoms with Gasteiger partial charge in [-0.05, 0) is 108 Å². The molecule has 0 spiro atoms. The van der Waals surface area contributed by atoms with Gasteiger partial charge in [-0.1, -0.05) is 173 Å². The summed E-state index contributed by atoms with van der Waals surface area (Å²) in [6.45, 7) is 21.4. The van der Waals surface area contributed by atoms with E-state index in [1.807, 2.05) is 38.1 Å². The summed E-state index contributed by atoms with van der Waals surface area (Å²) in [7, 11) is 4.27. The van der Waals surface area contributed by atoms with Crippen molar-refractivity contribution in [2.24, 2.45) is 14.1 Å². The van der Waals surface area contributed by atoms with E-state index in [0.717, 1.165) is 5.69 Å². The lowest BCUT2D eigenvalue weighted by atomic mass is 9.80. The lowest BCUT2D eigenvalue weighted by molar-refractivity contribution is 0.660. The van der Waals surface area contributed by atoms with Crippen molar-refractivity contribution in [2.75, 3.05) is 0 Å². The van der Waals surface area contributed by atoms with E-state index >= 15 is 0 Å². The van der Waals surface area contributed by atoms with Crippen LogP contribution in [0.3, 0.4) is 0 Å². The maximum atomic E-state index is 4.12. The highest BCUT2D eigenvalue weighted by atomic mass is 14.9. The molecular formula is C57H58N2. The second-order valence-corrected chi connectivity index (χ2v) is 16.1. The molecule has 0 unspecified atom stereocenters. The molecule has 0 saturated heterocycles. The number of hydrogen-bond acceptors (Lipinski definition) is 0. The molecule has 2 aromatic heterocycles. The van der Waals surface area contributed by atoms with E-state index in [4.69, 9.17) is 0 Å². The quantitative estimate of drug-likeness (QED) is 0.169. The molecule has 0 radical (unpaired) electrons. The zero-order valence-electron chi connectivity index (χ0n) is 36.6. The average Bonchev–Trinajstić information content (AvgIpc) is 3.79. The highest BCUT2D eigenvalue weighted by Crippen LogP contribution is 2.54. The van der Waals surface area contributed by atoms with Gasteiger partial charge in [0.1, 0.15) is 0 Å². The van der Waals surface area contributed by atoms with Crippen molar-refractivity contribution in [1.82, 2.24) is 9.13 Å². The fourth-order valence-corrected chi connectivity index (χ4v) is 9.07. The van der Waals surface area contributed by atoms with E-state index in [9.17, 15) is 0 Å². The van der Waals surface area contributed by atoms with E-state index in [0.29, 0.717) is 0 Å². The Kier molecular flexibility index (Phi) is 11.6. The highest BCUT2D eigenvalue weighted by molar-refractivity contribution is 6.14. The number of aryl methyl sites for hydroxylation is 5. The summed E-state index contributed by atoms with van der Waals surface area (Å²) in [4.78, 5) is 0. The van der Waals surface area contributed by atoms with Gasteiger partial charge in [0.25, 0.3) is 0 Å². The third-order valence-electron chi connectivity index (χ3n) is 12.0. The predicted octanol–water partition coefficient (Wildman–Crippen LogP) is 16.0. The van der Waals surface area contributed by atoms with Gasteiger partial charge in [0.2, 0.25) is 0 Å². The van der Waals surface area contributed by atoms with Gasteiger partial charge in [-0.3, -0.25) is 0 Å². The number of fused-ring (bicyclic) bond motifs is 9. The molecule has 2 heterocycles. The third kappa shape index (κ3) is 7.23. The molecule has 10 rings (SSSR count). The van der Waals surface area contributed by atoms with Gasteiger partial charge >= 0.3 is 0 Å². The van der Waals surface area contributed by atoms with Crippen LogP contribution in [0.2, 0.25) is 0 Å². The molecule has 1 aliphatic carbocycles. The van der Waals surface area contributed by atoms with Gasteiger partial charge in [0.15, 0.2) is 0 Å². The summed E-state index contributed by atoms with van der Waals surface area (Å²) >= 11 is 0. The van der Waals surface area contributed by atoms with Crippen molar-refractivity contribution in [3.63, 3.8) is 0 Å². The normalized spacial score (nSPS) is 12.4. The van der Waals surface area contributed by atoms with E-state index in [2.05, 4.69) is 205 Å². The first-order chi connectivity index (χ1) is 28.5. The van der Waals surface area contributed by atoms with Gasteiger partial charge < -0.3 is 9.13 Å². The molecular weight excluding hydrogens is 713 g/mol. The summed E-state index contributed by atoms with van der Waals surface area (Å²) in [6.07, 6.45) is 6.32. The number of hydrogen-bond donors (Lipinski definition) is 0. The first-order valence-electron chi connectivity index (χ1n) is 21.0. The molecule has 0 N–H and O–H groups in total. The second kappa shape index (κ2) is 16.8. The predicted molar refractivity (Wildman–Crippen MR) is 261 cm³/mol. The van der Waals surface area contributed by atoms with Crippen LogP contribution >= 0.6 is 0 Å². The maximum Gasteiger partial charge on any atom is 0.0495 e. The molecule has 0 aliphatic heterocycles. The molecule has 0 bridgehead atoms.